The summed E-state index contributed by atoms with van der Waals surface area (Å²) in [7, 11) is 0. The fourth-order valence-electron chi connectivity index (χ4n) is 2.31. The molecule has 1 atom stereocenters. The molecule has 18 heavy (non-hydrogen) atoms. The third-order valence-electron chi connectivity index (χ3n) is 3.31. The summed E-state index contributed by atoms with van der Waals surface area (Å²) in [4.78, 5) is 13.9. The Morgan fingerprint density at radius 2 is 2.11 bits per heavy atom. The van der Waals surface area contributed by atoms with Gasteiger partial charge in [-0.2, -0.15) is 0 Å². The summed E-state index contributed by atoms with van der Waals surface area (Å²) in [6.07, 6.45) is 2.68. The number of amides is 1. The Hall–Kier alpha value is -1.75. The van der Waals surface area contributed by atoms with Crippen molar-refractivity contribution < 1.29 is 20.1 Å². The van der Waals surface area contributed by atoms with Crippen molar-refractivity contribution in [2.24, 2.45) is 0 Å². The van der Waals surface area contributed by atoms with E-state index in [-0.39, 0.29) is 35.6 Å². The van der Waals surface area contributed by atoms with Gasteiger partial charge in [-0.25, -0.2) is 0 Å². The molecule has 5 heteroatoms. The molecule has 3 N–H and O–H groups in total. The van der Waals surface area contributed by atoms with Crippen molar-refractivity contribution >= 4 is 5.91 Å². The molecule has 1 aromatic rings. The molecule has 1 aliphatic rings. The number of carbonyl (C=O) groups is 1. The molecule has 0 aliphatic carbocycles. The minimum atomic E-state index is -0.300. The normalized spacial score (nSPS) is 19.8. The summed E-state index contributed by atoms with van der Waals surface area (Å²) in [5.74, 6) is -0.616. The van der Waals surface area contributed by atoms with Gasteiger partial charge in [0.25, 0.3) is 5.91 Å². The molecule has 1 fully saturated rings. The maximum Gasteiger partial charge on any atom is 0.257 e. The molecule has 1 aromatic carbocycles. The van der Waals surface area contributed by atoms with Crippen LogP contribution in [0.15, 0.2) is 18.2 Å². The number of nitrogens with zero attached hydrogens (tertiary/aromatic N) is 1. The van der Waals surface area contributed by atoms with Crippen LogP contribution in [0.1, 0.15) is 29.6 Å². The van der Waals surface area contributed by atoms with Gasteiger partial charge in [-0.15, -0.1) is 0 Å². The zero-order valence-corrected chi connectivity index (χ0v) is 10.0. The number of likely N-dealkylation sites (tertiary alicyclic amines) is 1. The molecule has 0 saturated carbocycles. The molecule has 2 rings (SSSR count). The Morgan fingerprint density at radius 3 is 2.78 bits per heavy atom. The van der Waals surface area contributed by atoms with Crippen molar-refractivity contribution in [2.75, 3.05) is 13.2 Å². The van der Waals surface area contributed by atoms with E-state index in [0.29, 0.717) is 6.54 Å². The average molecular weight is 251 g/mol. The Kier molecular flexibility index (Phi) is 3.72. The van der Waals surface area contributed by atoms with Crippen molar-refractivity contribution in [2.45, 2.75) is 25.3 Å². The summed E-state index contributed by atoms with van der Waals surface area (Å²) in [6, 6.07) is 3.73. The smallest absolute Gasteiger partial charge is 0.257 e. The highest BCUT2D eigenvalue weighted by Gasteiger charge is 2.28. The Bertz CT molecular complexity index is 447. The van der Waals surface area contributed by atoms with Crippen LogP contribution in [-0.2, 0) is 0 Å². The highest BCUT2D eigenvalue weighted by atomic mass is 16.3. The first-order valence-electron chi connectivity index (χ1n) is 6.07. The lowest BCUT2D eigenvalue weighted by Gasteiger charge is -2.34. The van der Waals surface area contributed by atoms with Crippen LogP contribution < -0.4 is 0 Å². The zero-order valence-electron chi connectivity index (χ0n) is 10.0. The second-order valence-corrected chi connectivity index (χ2v) is 4.53. The Balaban J connectivity index is 2.24. The molecule has 0 aromatic heterocycles. The van der Waals surface area contributed by atoms with Crippen LogP contribution in [0.3, 0.4) is 0 Å². The van der Waals surface area contributed by atoms with Gasteiger partial charge in [-0.05, 0) is 31.4 Å². The average Bonchev–Trinajstić information content (AvgIpc) is 2.38. The van der Waals surface area contributed by atoms with Crippen molar-refractivity contribution in [1.29, 1.82) is 0 Å². The number of aliphatic hydroxyl groups excluding tert-OH is 1. The van der Waals surface area contributed by atoms with Gasteiger partial charge in [-0.3, -0.25) is 4.79 Å². The van der Waals surface area contributed by atoms with Crippen LogP contribution in [0.5, 0.6) is 11.5 Å². The van der Waals surface area contributed by atoms with Gasteiger partial charge in [0, 0.05) is 12.6 Å². The van der Waals surface area contributed by atoms with E-state index in [2.05, 4.69) is 0 Å². The third-order valence-corrected chi connectivity index (χ3v) is 3.31. The number of benzene rings is 1. The first-order chi connectivity index (χ1) is 8.63. The van der Waals surface area contributed by atoms with Crippen molar-refractivity contribution in [3.8, 4) is 11.5 Å². The molecule has 5 nitrogen and oxygen atoms in total. The largest absolute Gasteiger partial charge is 0.508 e. The third kappa shape index (κ3) is 2.41. The van der Waals surface area contributed by atoms with E-state index in [9.17, 15) is 20.1 Å². The second kappa shape index (κ2) is 5.27. The zero-order chi connectivity index (χ0) is 13.1. The highest BCUT2D eigenvalue weighted by Crippen LogP contribution is 2.26. The SMILES string of the molecule is O=C(c1ccc(O)cc1O)N1CCCCC1CO. The summed E-state index contributed by atoms with van der Waals surface area (Å²) in [5, 5.41) is 28.2. The molecular weight excluding hydrogens is 234 g/mol. The number of phenols is 2. The van der Waals surface area contributed by atoms with E-state index in [0.717, 1.165) is 25.3 Å². The molecule has 0 bridgehead atoms. The standard InChI is InChI=1S/C13H17NO4/c15-8-9-3-1-2-6-14(9)13(18)11-5-4-10(16)7-12(11)17/h4-5,7,9,15-17H,1-3,6,8H2. The molecule has 0 radical (unpaired) electrons. The number of hydrogen-bond donors (Lipinski definition) is 3. The van der Waals surface area contributed by atoms with Crippen LogP contribution in [0, 0.1) is 0 Å². The van der Waals surface area contributed by atoms with E-state index < -0.39 is 0 Å². The van der Waals surface area contributed by atoms with Gasteiger partial charge >= 0.3 is 0 Å². The molecule has 1 heterocycles. The fraction of sp³-hybridized carbons (Fsp3) is 0.462. The topological polar surface area (TPSA) is 81.0 Å². The van der Waals surface area contributed by atoms with E-state index in [4.69, 9.17) is 0 Å². The maximum absolute atomic E-state index is 12.3. The number of aromatic hydroxyl groups is 2. The van der Waals surface area contributed by atoms with Crippen molar-refractivity contribution in [3.63, 3.8) is 0 Å². The van der Waals surface area contributed by atoms with Gasteiger partial charge in [0.1, 0.15) is 11.5 Å². The maximum atomic E-state index is 12.3. The lowest BCUT2D eigenvalue weighted by molar-refractivity contribution is 0.0500. The molecule has 1 amide bonds. The van der Waals surface area contributed by atoms with Crippen LogP contribution in [-0.4, -0.2) is 45.3 Å². The summed E-state index contributed by atoms with van der Waals surface area (Å²) in [6.45, 7) is 0.523. The minimum Gasteiger partial charge on any atom is -0.508 e. The van der Waals surface area contributed by atoms with E-state index >= 15 is 0 Å². The second-order valence-electron chi connectivity index (χ2n) is 4.53. The lowest BCUT2D eigenvalue weighted by Crippen LogP contribution is -2.45. The van der Waals surface area contributed by atoms with Gasteiger partial charge in [0.05, 0.1) is 18.2 Å². The van der Waals surface area contributed by atoms with Crippen LogP contribution >= 0.6 is 0 Å². The number of hydrogen-bond acceptors (Lipinski definition) is 4. The Morgan fingerprint density at radius 1 is 1.33 bits per heavy atom. The first-order valence-corrected chi connectivity index (χ1v) is 6.07. The predicted molar refractivity (Wildman–Crippen MR) is 65.5 cm³/mol. The minimum absolute atomic E-state index is 0.0649. The number of carbonyl (C=O) groups excluding carboxylic acids is 1. The molecular formula is C13H17NO4. The molecule has 1 saturated heterocycles. The fourth-order valence-corrected chi connectivity index (χ4v) is 2.31. The number of phenolic OH excluding ortho intramolecular Hbond substituents is 2. The predicted octanol–water partition coefficient (Wildman–Crippen LogP) is 1.08. The lowest BCUT2D eigenvalue weighted by atomic mass is 10.0. The van der Waals surface area contributed by atoms with Gasteiger partial charge in [0.2, 0.25) is 0 Å². The van der Waals surface area contributed by atoms with Crippen LogP contribution in [0.4, 0.5) is 0 Å². The monoisotopic (exact) mass is 251 g/mol. The number of piperidine rings is 1. The van der Waals surface area contributed by atoms with E-state index in [1.165, 1.54) is 12.1 Å². The highest BCUT2D eigenvalue weighted by molar-refractivity contribution is 5.97. The van der Waals surface area contributed by atoms with Gasteiger partial charge in [0.15, 0.2) is 0 Å². The molecule has 98 valence electrons. The van der Waals surface area contributed by atoms with Crippen molar-refractivity contribution in [1.82, 2.24) is 4.90 Å². The molecule has 0 spiro atoms. The van der Waals surface area contributed by atoms with Gasteiger partial charge < -0.3 is 20.2 Å². The van der Waals surface area contributed by atoms with E-state index in [1.807, 2.05) is 0 Å². The quantitative estimate of drug-likeness (QED) is 0.734. The van der Waals surface area contributed by atoms with E-state index in [1.54, 1.807) is 4.90 Å². The first kappa shape index (κ1) is 12.7. The summed E-state index contributed by atoms with van der Waals surface area (Å²) < 4.78 is 0. The van der Waals surface area contributed by atoms with Crippen LogP contribution in [0.2, 0.25) is 0 Å². The van der Waals surface area contributed by atoms with Crippen LogP contribution in [0.25, 0.3) is 0 Å². The summed E-state index contributed by atoms with van der Waals surface area (Å²) in [5.41, 5.74) is 0.160. The molecule has 1 unspecified atom stereocenters. The number of aliphatic hydroxyl groups is 1. The Labute approximate surface area is 105 Å². The molecule has 1 aliphatic heterocycles. The van der Waals surface area contributed by atoms with Gasteiger partial charge in [-0.1, -0.05) is 0 Å². The number of rotatable bonds is 2. The van der Waals surface area contributed by atoms with Crippen molar-refractivity contribution in [3.05, 3.63) is 23.8 Å². The summed E-state index contributed by atoms with van der Waals surface area (Å²) >= 11 is 0.